The van der Waals surface area contributed by atoms with Crippen LogP contribution in [0.15, 0.2) is 30.3 Å². The van der Waals surface area contributed by atoms with Crippen LogP contribution in [0, 0.1) is 5.92 Å². The van der Waals surface area contributed by atoms with Gasteiger partial charge in [0.25, 0.3) is 0 Å². The van der Waals surface area contributed by atoms with Crippen LogP contribution in [-0.2, 0) is 6.42 Å². The zero-order chi connectivity index (χ0) is 11.1. The van der Waals surface area contributed by atoms with Gasteiger partial charge in [-0.25, -0.2) is 0 Å². The smallest absolute Gasteiger partial charge is 0.0180 e. The Hall–Kier alpha value is -0.0900. The monoisotopic (exact) mass is 317 g/mol. The standard InChI is InChI=1S/C13H20IN/c1-11(2)13(10-14)15-9-8-12-6-4-3-5-7-12/h3-7,11,13,15H,8-10H2,1-2H3. The summed E-state index contributed by atoms with van der Waals surface area (Å²) in [4.78, 5) is 0. The van der Waals surface area contributed by atoms with Crippen molar-refractivity contribution in [3.05, 3.63) is 35.9 Å². The summed E-state index contributed by atoms with van der Waals surface area (Å²) in [6, 6.07) is 11.3. The van der Waals surface area contributed by atoms with Gasteiger partial charge in [-0.1, -0.05) is 66.8 Å². The lowest BCUT2D eigenvalue weighted by Gasteiger charge is -2.19. The molecule has 0 aliphatic heterocycles. The van der Waals surface area contributed by atoms with Crippen molar-refractivity contribution < 1.29 is 0 Å². The van der Waals surface area contributed by atoms with E-state index in [-0.39, 0.29) is 0 Å². The number of hydrogen-bond donors (Lipinski definition) is 1. The minimum atomic E-state index is 0.648. The van der Waals surface area contributed by atoms with Gasteiger partial charge < -0.3 is 5.32 Å². The molecule has 1 aromatic carbocycles. The summed E-state index contributed by atoms with van der Waals surface area (Å²) in [7, 11) is 0. The summed E-state index contributed by atoms with van der Waals surface area (Å²) in [5, 5.41) is 3.61. The van der Waals surface area contributed by atoms with Crippen molar-refractivity contribution in [3.8, 4) is 0 Å². The highest BCUT2D eigenvalue weighted by atomic mass is 127. The van der Waals surface area contributed by atoms with Crippen molar-refractivity contribution in [2.45, 2.75) is 26.3 Å². The van der Waals surface area contributed by atoms with E-state index in [2.05, 4.69) is 72.1 Å². The first-order valence-corrected chi connectivity index (χ1v) is 7.10. The van der Waals surface area contributed by atoms with Gasteiger partial charge in [-0.3, -0.25) is 0 Å². The fraction of sp³-hybridized carbons (Fsp3) is 0.538. The maximum absolute atomic E-state index is 3.61. The number of rotatable bonds is 6. The second-order valence-electron chi connectivity index (χ2n) is 4.19. The first kappa shape index (κ1) is 13.0. The average molecular weight is 317 g/mol. The Bertz CT molecular complexity index is 258. The Balaban J connectivity index is 2.27. The molecule has 0 spiro atoms. The minimum Gasteiger partial charge on any atom is -0.313 e. The summed E-state index contributed by atoms with van der Waals surface area (Å²) in [5.74, 6) is 0.720. The molecule has 0 saturated heterocycles. The van der Waals surface area contributed by atoms with Crippen molar-refractivity contribution in [2.75, 3.05) is 11.0 Å². The van der Waals surface area contributed by atoms with E-state index < -0.39 is 0 Å². The Morgan fingerprint density at radius 3 is 2.40 bits per heavy atom. The molecule has 0 saturated carbocycles. The van der Waals surface area contributed by atoms with E-state index in [1.54, 1.807) is 0 Å². The summed E-state index contributed by atoms with van der Waals surface area (Å²) < 4.78 is 1.18. The van der Waals surface area contributed by atoms with Crippen molar-refractivity contribution in [3.63, 3.8) is 0 Å². The van der Waals surface area contributed by atoms with Crippen molar-refractivity contribution in [2.24, 2.45) is 5.92 Å². The zero-order valence-electron chi connectivity index (χ0n) is 9.54. The van der Waals surface area contributed by atoms with Crippen molar-refractivity contribution in [1.29, 1.82) is 0 Å². The van der Waals surface area contributed by atoms with Crippen LogP contribution in [0.1, 0.15) is 19.4 Å². The molecule has 1 aromatic rings. The van der Waals surface area contributed by atoms with Crippen LogP contribution >= 0.6 is 22.6 Å². The normalized spacial score (nSPS) is 13.1. The second kappa shape index (κ2) is 7.23. The van der Waals surface area contributed by atoms with Gasteiger partial charge in [0.05, 0.1) is 0 Å². The van der Waals surface area contributed by atoms with E-state index in [4.69, 9.17) is 0 Å². The highest BCUT2D eigenvalue weighted by Gasteiger charge is 2.09. The molecule has 0 bridgehead atoms. The van der Waals surface area contributed by atoms with Crippen LogP contribution < -0.4 is 5.32 Å². The lowest BCUT2D eigenvalue weighted by molar-refractivity contribution is 0.440. The SMILES string of the molecule is CC(C)C(CI)NCCc1ccccc1. The third kappa shape index (κ3) is 4.98. The molecule has 0 aliphatic rings. The van der Waals surface area contributed by atoms with E-state index in [0.29, 0.717) is 6.04 Å². The molecule has 0 radical (unpaired) electrons. The highest BCUT2D eigenvalue weighted by molar-refractivity contribution is 14.1. The van der Waals surface area contributed by atoms with Gasteiger partial charge in [0.2, 0.25) is 0 Å². The lowest BCUT2D eigenvalue weighted by atomic mass is 10.1. The first-order chi connectivity index (χ1) is 7.24. The third-order valence-electron chi connectivity index (χ3n) is 2.63. The molecule has 1 N–H and O–H groups in total. The largest absolute Gasteiger partial charge is 0.313 e. The molecule has 1 unspecified atom stereocenters. The van der Waals surface area contributed by atoms with Crippen LogP contribution in [0.3, 0.4) is 0 Å². The molecule has 84 valence electrons. The fourth-order valence-electron chi connectivity index (χ4n) is 1.52. The molecule has 0 heterocycles. The predicted octanol–water partition coefficient (Wildman–Crippen LogP) is 3.28. The predicted molar refractivity (Wildman–Crippen MR) is 75.7 cm³/mol. The molecule has 1 atom stereocenters. The average Bonchev–Trinajstić information content (AvgIpc) is 2.25. The van der Waals surface area contributed by atoms with Gasteiger partial charge in [-0.15, -0.1) is 0 Å². The Morgan fingerprint density at radius 1 is 1.20 bits per heavy atom. The van der Waals surface area contributed by atoms with Gasteiger partial charge in [0, 0.05) is 10.5 Å². The Morgan fingerprint density at radius 2 is 1.87 bits per heavy atom. The third-order valence-corrected chi connectivity index (χ3v) is 3.58. The maximum atomic E-state index is 3.61. The maximum Gasteiger partial charge on any atom is 0.0180 e. The molecule has 15 heavy (non-hydrogen) atoms. The van der Waals surface area contributed by atoms with Gasteiger partial charge in [-0.05, 0) is 24.4 Å². The van der Waals surface area contributed by atoms with Gasteiger partial charge in [0.1, 0.15) is 0 Å². The molecular weight excluding hydrogens is 297 g/mol. The van der Waals surface area contributed by atoms with Crippen LogP contribution in [0.5, 0.6) is 0 Å². The van der Waals surface area contributed by atoms with E-state index in [9.17, 15) is 0 Å². The Kier molecular flexibility index (Phi) is 6.25. The van der Waals surface area contributed by atoms with Crippen molar-refractivity contribution in [1.82, 2.24) is 5.32 Å². The molecule has 0 fully saturated rings. The lowest BCUT2D eigenvalue weighted by Crippen LogP contribution is -2.36. The fourth-order valence-corrected chi connectivity index (χ4v) is 2.84. The topological polar surface area (TPSA) is 12.0 Å². The van der Waals surface area contributed by atoms with Gasteiger partial charge in [-0.2, -0.15) is 0 Å². The van der Waals surface area contributed by atoms with Gasteiger partial charge in [0.15, 0.2) is 0 Å². The van der Waals surface area contributed by atoms with Crippen LogP contribution in [0.25, 0.3) is 0 Å². The second-order valence-corrected chi connectivity index (χ2v) is 5.08. The van der Waals surface area contributed by atoms with Gasteiger partial charge >= 0.3 is 0 Å². The van der Waals surface area contributed by atoms with E-state index in [1.165, 1.54) is 9.99 Å². The molecule has 0 amide bonds. The number of nitrogens with one attached hydrogen (secondary N) is 1. The summed E-state index contributed by atoms with van der Waals surface area (Å²) in [5.41, 5.74) is 1.42. The van der Waals surface area contributed by atoms with E-state index >= 15 is 0 Å². The van der Waals surface area contributed by atoms with Crippen molar-refractivity contribution >= 4 is 22.6 Å². The highest BCUT2D eigenvalue weighted by Crippen LogP contribution is 2.05. The Labute approximate surface area is 107 Å². The summed E-state index contributed by atoms with van der Waals surface area (Å²) in [6.07, 6.45) is 1.13. The summed E-state index contributed by atoms with van der Waals surface area (Å²) >= 11 is 2.46. The van der Waals surface area contributed by atoms with Crippen LogP contribution in [0.4, 0.5) is 0 Å². The number of hydrogen-bond acceptors (Lipinski definition) is 1. The van der Waals surface area contributed by atoms with Crippen LogP contribution in [0.2, 0.25) is 0 Å². The minimum absolute atomic E-state index is 0.648. The quantitative estimate of drug-likeness (QED) is 0.627. The van der Waals surface area contributed by atoms with E-state index in [0.717, 1.165) is 18.9 Å². The molecule has 0 aliphatic carbocycles. The van der Waals surface area contributed by atoms with E-state index in [1.807, 2.05) is 0 Å². The molecular formula is C13H20IN. The first-order valence-electron chi connectivity index (χ1n) is 5.57. The van der Waals surface area contributed by atoms with Crippen LogP contribution in [-0.4, -0.2) is 17.0 Å². The molecule has 0 aromatic heterocycles. The molecule has 1 nitrogen and oxygen atoms in total. The summed E-state index contributed by atoms with van der Waals surface area (Å²) in [6.45, 7) is 5.63. The molecule has 2 heteroatoms. The number of alkyl halides is 1. The molecule has 1 rings (SSSR count). The zero-order valence-corrected chi connectivity index (χ0v) is 11.7. The number of halogens is 1. The number of benzene rings is 1.